The molecule has 2 amide bonds. The number of carbonyl (C=O) groups is 2. The SMILES string of the molecule is COc1ccc2c(C)c(C(=O)N3Cc4ccccc4C[C@H]3C(N)=O)oc2c1. The number of nitrogens with two attached hydrogens (primary N) is 1. The van der Waals surface area contributed by atoms with Crippen LogP contribution in [-0.2, 0) is 17.8 Å². The standard InChI is InChI=1S/C21H20N2O4/c1-12-16-8-7-15(26-2)10-18(16)27-19(12)21(25)23-11-14-6-4-3-5-13(14)9-17(23)20(22)24/h3-8,10,17H,9,11H2,1-2H3,(H2,22,24)/t17-/m0/s1. The van der Waals surface area contributed by atoms with E-state index in [2.05, 4.69) is 0 Å². The van der Waals surface area contributed by atoms with Crippen molar-refractivity contribution in [3.05, 3.63) is 64.9 Å². The number of aryl methyl sites for hydroxylation is 1. The Labute approximate surface area is 156 Å². The van der Waals surface area contributed by atoms with Gasteiger partial charge in [0.15, 0.2) is 5.76 Å². The normalized spacial score (nSPS) is 16.2. The Bertz CT molecular complexity index is 1050. The lowest BCUT2D eigenvalue weighted by molar-refractivity contribution is -0.122. The van der Waals surface area contributed by atoms with E-state index in [9.17, 15) is 9.59 Å². The lowest BCUT2D eigenvalue weighted by Gasteiger charge is -2.34. The minimum Gasteiger partial charge on any atom is -0.497 e. The predicted molar refractivity (Wildman–Crippen MR) is 101 cm³/mol. The van der Waals surface area contributed by atoms with Crippen molar-refractivity contribution >= 4 is 22.8 Å². The lowest BCUT2D eigenvalue weighted by Crippen LogP contribution is -2.51. The van der Waals surface area contributed by atoms with E-state index in [1.165, 1.54) is 4.90 Å². The highest BCUT2D eigenvalue weighted by atomic mass is 16.5. The summed E-state index contributed by atoms with van der Waals surface area (Å²) >= 11 is 0. The first-order valence-electron chi connectivity index (χ1n) is 8.73. The molecule has 1 aliphatic rings. The van der Waals surface area contributed by atoms with Gasteiger partial charge < -0.3 is 19.8 Å². The molecule has 2 N–H and O–H groups in total. The number of benzene rings is 2. The second-order valence-corrected chi connectivity index (χ2v) is 6.74. The van der Waals surface area contributed by atoms with E-state index in [0.29, 0.717) is 24.3 Å². The van der Waals surface area contributed by atoms with Crippen molar-refractivity contribution in [2.75, 3.05) is 7.11 Å². The van der Waals surface area contributed by atoms with Gasteiger partial charge in [-0.1, -0.05) is 24.3 Å². The molecule has 0 unspecified atom stereocenters. The van der Waals surface area contributed by atoms with Crippen LogP contribution in [-0.4, -0.2) is 29.9 Å². The molecule has 6 heteroatoms. The van der Waals surface area contributed by atoms with E-state index in [1.54, 1.807) is 13.2 Å². The molecule has 138 valence electrons. The van der Waals surface area contributed by atoms with Gasteiger partial charge in [0, 0.05) is 30.0 Å². The van der Waals surface area contributed by atoms with E-state index in [-0.39, 0.29) is 11.7 Å². The molecule has 0 saturated heterocycles. The molecule has 1 atom stereocenters. The number of ether oxygens (including phenoxy) is 1. The van der Waals surface area contributed by atoms with Gasteiger partial charge in [0.05, 0.1) is 7.11 Å². The number of carbonyl (C=O) groups excluding carboxylic acids is 2. The lowest BCUT2D eigenvalue weighted by atomic mass is 9.93. The van der Waals surface area contributed by atoms with E-state index in [4.69, 9.17) is 14.9 Å². The van der Waals surface area contributed by atoms with Crippen LogP contribution in [0.25, 0.3) is 11.0 Å². The van der Waals surface area contributed by atoms with Gasteiger partial charge in [0.25, 0.3) is 5.91 Å². The molecule has 0 spiro atoms. The van der Waals surface area contributed by atoms with E-state index in [1.807, 2.05) is 43.3 Å². The quantitative estimate of drug-likeness (QED) is 0.774. The fraction of sp³-hybridized carbons (Fsp3) is 0.238. The highest BCUT2D eigenvalue weighted by Gasteiger charge is 2.36. The summed E-state index contributed by atoms with van der Waals surface area (Å²) in [5.74, 6) is 0.0234. The van der Waals surface area contributed by atoms with Gasteiger partial charge in [-0.15, -0.1) is 0 Å². The molecule has 0 bridgehead atoms. The predicted octanol–water partition coefficient (Wildman–Crippen LogP) is 2.80. The van der Waals surface area contributed by atoms with Crippen LogP contribution in [0.4, 0.5) is 0 Å². The average Bonchev–Trinajstić information content (AvgIpc) is 3.02. The van der Waals surface area contributed by atoms with Crippen LogP contribution < -0.4 is 10.5 Å². The zero-order valence-electron chi connectivity index (χ0n) is 15.2. The van der Waals surface area contributed by atoms with Crippen LogP contribution in [0.3, 0.4) is 0 Å². The Hall–Kier alpha value is -3.28. The molecule has 0 saturated carbocycles. The minimum absolute atomic E-state index is 0.226. The van der Waals surface area contributed by atoms with Crippen LogP contribution in [0.15, 0.2) is 46.9 Å². The van der Waals surface area contributed by atoms with E-state index >= 15 is 0 Å². The number of hydrogen-bond donors (Lipinski definition) is 1. The van der Waals surface area contributed by atoms with Crippen molar-refractivity contribution in [2.45, 2.75) is 25.9 Å². The van der Waals surface area contributed by atoms with Gasteiger partial charge in [0.2, 0.25) is 5.91 Å². The molecule has 0 fully saturated rings. The molecule has 6 nitrogen and oxygen atoms in total. The fourth-order valence-electron chi connectivity index (χ4n) is 3.66. The Morgan fingerprint density at radius 3 is 2.63 bits per heavy atom. The number of amides is 2. The monoisotopic (exact) mass is 364 g/mol. The maximum absolute atomic E-state index is 13.3. The van der Waals surface area contributed by atoms with E-state index in [0.717, 1.165) is 22.1 Å². The number of primary amides is 1. The van der Waals surface area contributed by atoms with Gasteiger partial charge in [-0.3, -0.25) is 9.59 Å². The molecule has 0 aliphatic carbocycles. The van der Waals surface area contributed by atoms with Crippen LogP contribution in [0.1, 0.15) is 27.2 Å². The summed E-state index contributed by atoms with van der Waals surface area (Å²) < 4.78 is 11.1. The van der Waals surface area contributed by atoms with Crippen LogP contribution in [0.2, 0.25) is 0 Å². The number of furan rings is 1. The van der Waals surface area contributed by atoms with Crippen molar-refractivity contribution in [1.82, 2.24) is 4.90 Å². The molecule has 2 heterocycles. The smallest absolute Gasteiger partial charge is 0.290 e. The molecule has 27 heavy (non-hydrogen) atoms. The number of rotatable bonds is 3. The second kappa shape index (κ2) is 6.46. The fourth-order valence-corrected chi connectivity index (χ4v) is 3.66. The first-order valence-corrected chi connectivity index (χ1v) is 8.73. The molecule has 4 rings (SSSR count). The highest BCUT2D eigenvalue weighted by Crippen LogP contribution is 2.31. The van der Waals surface area contributed by atoms with Crippen molar-refractivity contribution < 1.29 is 18.7 Å². The number of methoxy groups -OCH3 is 1. The zero-order chi connectivity index (χ0) is 19.1. The van der Waals surface area contributed by atoms with Crippen molar-refractivity contribution in [1.29, 1.82) is 0 Å². The molecule has 0 radical (unpaired) electrons. The summed E-state index contributed by atoms with van der Waals surface area (Å²) in [5.41, 5.74) is 8.96. The average molecular weight is 364 g/mol. The largest absolute Gasteiger partial charge is 0.497 e. The third-order valence-corrected chi connectivity index (χ3v) is 5.18. The number of fused-ring (bicyclic) bond motifs is 2. The first-order chi connectivity index (χ1) is 13.0. The molecule has 3 aromatic rings. The molecule has 2 aromatic carbocycles. The summed E-state index contributed by atoms with van der Waals surface area (Å²) in [7, 11) is 1.58. The zero-order valence-corrected chi connectivity index (χ0v) is 15.2. The molecule has 1 aliphatic heterocycles. The molecule has 1 aromatic heterocycles. The highest BCUT2D eigenvalue weighted by molar-refractivity contribution is 6.01. The maximum atomic E-state index is 13.3. The Morgan fingerprint density at radius 1 is 1.19 bits per heavy atom. The third kappa shape index (κ3) is 2.83. The topological polar surface area (TPSA) is 85.8 Å². The Morgan fingerprint density at radius 2 is 1.93 bits per heavy atom. The summed E-state index contributed by atoms with van der Waals surface area (Å²) in [4.78, 5) is 26.8. The second-order valence-electron chi connectivity index (χ2n) is 6.74. The number of hydrogen-bond acceptors (Lipinski definition) is 4. The summed E-state index contributed by atoms with van der Waals surface area (Å²) in [5, 5.41) is 0.840. The van der Waals surface area contributed by atoms with Crippen molar-refractivity contribution in [3.63, 3.8) is 0 Å². The van der Waals surface area contributed by atoms with Crippen molar-refractivity contribution in [2.24, 2.45) is 5.73 Å². The van der Waals surface area contributed by atoms with Gasteiger partial charge in [-0.05, 0) is 30.2 Å². The van der Waals surface area contributed by atoms with Gasteiger partial charge >= 0.3 is 0 Å². The molecular weight excluding hydrogens is 344 g/mol. The van der Waals surface area contributed by atoms with Gasteiger partial charge in [-0.25, -0.2) is 0 Å². The minimum atomic E-state index is -0.699. The first kappa shape index (κ1) is 17.1. The van der Waals surface area contributed by atoms with Gasteiger partial charge in [0.1, 0.15) is 17.4 Å². The Kier molecular flexibility index (Phi) is 4.11. The summed E-state index contributed by atoms with van der Waals surface area (Å²) in [6.07, 6.45) is 0.407. The van der Waals surface area contributed by atoms with Crippen molar-refractivity contribution in [3.8, 4) is 5.75 Å². The Balaban J connectivity index is 1.76. The van der Waals surface area contributed by atoms with Crippen LogP contribution in [0, 0.1) is 6.92 Å². The van der Waals surface area contributed by atoms with Crippen LogP contribution >= 0.6 is 0 Å². The molecular formula is C21H20N2O4. The summed E-state index contributed by atoms with van der Waals surface area (Å²) in [6.45, 7) is 2.16. The summed E-state index contributed by atoms with van der Waals surface area (Å²) in [6, 6.07) is 12.5. The van der Waals surface area contributed by atoms with Crippen LogP contribution in [0.5, 0.6) is 5.75 Å². The van der Waals surface area contributed by atoms with E-state index < -0.39 is 11.9 Å². The maximum Gasteiger partial charge on any atom is 0.290 e. The number of nitrogens with zero attached hydrogens (tertiary/aromatic N) is 1. The third-order valence-electron chi connectivity index (χ3n) is 5.18. The van der Waals surface area contributed by atoms with Gasteiger partial charge in [-0.2, -0.15) is 0 Å².